The average Bonchev–Trinajstić information content (AvgIpc) is 3.41. The van der Waals surface area contributed by atoms with Crippen molar-refractivity contribution in [1.82, 2.24) is 30.0 Å². The predicted octanol–water partition coefficient (Wildman–Crippen LogP) is 2.00. The summed E-state index contributed by atoms with van der Waals surface area (Å²) in [5, 5.41) is 23.6. The van der Waals surface area contributed by atoms with Crippen LogP contribution in [0.25, 0.3) is 11.4 Å². The van der Waals surface area contributed by atoms with Crippen LogP contribution in [0.1, 0.15) is 24.9 Å². The molecule has 31 heavy (non-hydrogen) atoms. The molecule has 1 N–H and O–H groups in total. The van der Waals surface area contributed by atoms with E-state index in [0.29, 0.717) is 18.8 Å². The Morgan fingerprint density at radius 1 is 1.16 bits per heavy atom. The number of amides is 1. The Morgan fingerprint density at radius 2 is 1.84 bits per heavy atom. The molecule has 1 fully saturated rings. The van der Waals surface area contributed by atoms with Crippen LogP contribution < -0.4 is 0 Å². The van der Waals surface area contributed by atoms with E-state index in [0.717, 1.165) is 18.7 Å². The van der Waals surface area contributed by atoms with Gasteiger partial charge >= 0.3 is 0 Å². The lowest BCUT2D eigenvalue weighted by molar-refractivity contribution is -0.136. The number of likely N-dealkylation sites (tertiary alicyclic amines) is 1. The maximum absolute atomic E-state index is 13.0. The molecule has 8 heteroatoms. The van der Waals surface area contributed by atoms with Crippen LogP contribution in [0.2, 0.25) is 0 Å². The first kappa shape index (κ1) is 21.1. The summed E-state index contributed by atoms with van der Waals surface area (Å²) in [6.07, 6.45) is 0.631. The Labute approximate surface area is 182 Å². The second-order valence-electron chi connectivity index (χ2n) is 8.34. The molecule has 2 heterocycles. The number of carbonyl (C=O) groups excluding carboxylic acids is 1. The molecular weight excluding hydrogens is 392 g/mol. The summed E-state index contributed by atoms with van der Waals surface area (Å²) >= 11 is 0. The topological polar surface area (TPSA) is 87.4 Å². The number of hydrogen-bond acceptors (Lipinski definition) is 6. The third-order valence-electron chi connectivity index (χ3n) is 5.73. The third kappa shape index (κ3) is 4.98. The number of aromatic nitrogens is 4. The van der Waals surface area contributed by atoms with Crippen molar-refractivity contribution in [1.29, 1.82) is 0 Å². The van der Waals surface area contributed by atoms with Crippen LogP contribution in [-0.4, -0.2) is 73.3 Å². The molecule has 1 aromatic heterocycles. The summed E-state index contributed by atoms with van der Waals surface area (Å²) in [6, 6.07) is 19.1. The molecule has 0 saturated carbocycles. The average molecular weight is 421 g/mol. The Kier molecular flexibility index (Phi) is 6.11. The van der Waals surface area contributed by atoms with E-state index in [9.17, 15) is 9.90 Å². The molecule has 0 radical (unpaired) electrons. The fraction of sp³-hybridized carbons (Fsp3) is 0.391. The van der Waals surface area contributed by atoms with Crippen molar-refractivity contribution in [3.63, 3.8) is 0 Å². The minimum atomic E-state index is -0.927. The monoisotopic (exact) mass is 420 g/mol. The lowest BCUT2D eigenvalue weighted by Gasteiger charge is -2.30. The molecule has 8 nitrogen and oxygen atoms in total. The van der Waals surface area contributed by atoms with Crippen molar-refractivity contribution in [2.45, 2.75) is 31.5 Å². The van der Waals surface area contributed by atoms with Crippen LogP contribution in [-0.2, 0) is 11.3 Å². The normalized spacial score (nSPS) is 20.0. The number of β-amino-alcohol motifs (C(OH)–C–C–N with tert-alkyl or cyclic N) is 1. The van der Waals surface area contributed by atoms with Crippen molar-refractivity contribution in [3.05, 3.63) is 66.2 Å². The number of aliphatic hydroxyl groups is 1. The Morgan fingerprint density at radius 3 is 2.55 bits per heavy atom. The summed E-state index contributed by atoms with van der Waals surface area (Å²) in [5.74, 6) is 0.320. The van der Waals surface area contributed by atoms with E-state index in [2.05, 4.69) is 32.4 Å². The molecule has 3 aromatic rings. The zero-order valence-corrected chi connectivity index (χ0v) is 17.9. The van der Waals surface area contributed by atoms with E-state index < -0.39 is 11.6 Å². The fourth-order valence-electron chi connectivity index (χ4n) is 4.08. The zero-order chi connectivity index (χ0) is 21.8. The van der Waals surface area contributed by atoms with E-state index >= 15 is 0 Å². The number of nitrogens with zero attached hydrogens (tertiary/aromatic N) is 6. The van der Waals surface area contributed by atoms with Gasteiger partial charge < -0.3 is 10.0 Å². The third-order valence-corrected chi connectivity index (χ3v) is 5.73. The lowest BCUT2D eigenvalue weighted by Crippen LogP contribution is -2.47. The van der Waals surface area contributed by atoms with Gasteiger partial charge in [-0.1, -0.05) is 60.7 Å². The molecule has 1 saturated heterocycles. The first-order valence-electron chi connectivity index (χ1n) is 10.5. The largest absolute Gasteiger partial charge is 0.387 e. The molecule has 0 spiro atoms. The Balaban J connectivity index is 1.35. The molecular formula is C23H28N6O2. The number of rotatable bonds is 7. The summed E-state index contributed by atoms with van der Waals surface area (Å²) in [5.41, 5.74) is 1.14. The molecule has 1 aliphatic rings. The van der Waals surface area contributed by atoms with Crippen LogP contribution in [0.3, 0.4) is 0 Å². The highest BCUT2D eigenvalue weighted by Gasteiger charge is 2.38. The molecule has 1 amide bonds. The quantitative estimate of drug-likeness (QED) is 0.629. The summed E-state index contributed by atoms with van der Waals surface area (Å²) < 4.78 is 0. The van der Waals surface area contributed by atoms with Crippen LogP contribution in [0, 0.1) is 0 Å². The van der Waals surface area contributed by atoms with Crippen molar-refractivity contribution >= 4 is 5.91 Å². The number of hydrogen-bond donors (Lipinski definition) is 1. The first-order valence-corrected chi connectivity index (χ1v) is 10.5. The fourth-order valence-corrected chi connectivity index (χ4v) is 4.08. The van der Waals surface area contributed by atoms with E-state index in [1.165, 1.54) is 10.4 Å². The van der Waals surface area contributed by atoms with E-state index in [1.807, 2.05) is 48.5 Å². The second kappa shape index (κ2) is 8.95. The van der Waals surface area contributed by atoms with Crippen molar-refractivity contribution < 1.29 is 9.90 Å². The van der Waals surface area contributed by atoms with Gasteiger partial charge in [-0.15, -0.1) is 10.2 Å². The minimum absolute atomic E-state index is 0.160. The Hall–Kier alpha value is -3.10. The zero-order valence-electron chi connectivity index (χ0n) is 17.9. The highest BCUT2D eigenvalue weighted by atomic mass is 16.3. The lowest BCUT2D eigenvalue weighted by atomic mass is 10.0. The van der Waals surface area contributed by atoms with Crippen LogP contribution in [0.15, 0.2) is 60.7 Å². The van der Waals surface area contributed by atoms with Gasteiger partial charge in [0.05, 0.1) is 12.1 Å². The standard InChI is InChI=1S/C23H28N6O2/c1-18(29-25-21(24-26-29)20-11-7-4-8-12-20)22(30)27(2)16-23(31)13-14-28(17-23)15-19-9-5-3-6-10-19/h3-12,18,31H,13-17H2,1-2H3/t18-,23-/m1/s1. The van der Waals surface area contributed by atoms with Gasteiger partial charge in [-0.2, -0.15) is 4.80 Å². The molecule has 2 atom stereocenters. The van der Waals surface area contributed by atoms with Gasteiger partial charge in [0.25, 0.3) is 0 Å². The summed E-state index contributed by atoms with van der Waals surface area (Å²) in [6.45, 7) is 4.14. The van der Waals surface area contributed by atoms with Gasteiger partial charge in [-0.25, -0.2) is 0 Å². The summed E-state index contributed by atoms with van der Waals surface area (Å²) in [7, 11) is 1.71. The van der Waals surface area contributed by atoms with Crippen molar-refractivity contribution in [2.24, 2.45) is 0 Å². The van der Waals surface area contributed by atoms with Crippen LogP contribution in [0.5, 0.6) is 0 Å². The van der Waals surface area contributed by atoms with E-state index in [4.69, 9.17) is 0 Å². The predicted molar refractivity (Wildman–Crippen MR) is 117 cm³/mol. The number of likely N-dealkylation sites (N-methyl/N-ethyl adjacent to an activating group) is 1. The van der Waals surface area contributed by atoms with Crippen molar-refractivity contribution in [3.8, 4) is 11.4 Å². The number of tetrazole rings is 1. The number of benzene rings is 2. The van der Waals surface area contributed by atoms with Crippen LogP contribution in [0.4, 0.5) is 0 Å². The number of carbonyl (C=O) groups is 1. The maximum atomic E-state index is 13.0. The molecule has 0 unspecified atom stereocenters. The molecule has 1 aliphatic heterocycles. The molecule has 2 aromatic carbocycles. The Bertz CT molecular complexity index is 1010. The molecule has 0 bridgehead atoms. The SMILES string of the molecule is C[C@H](C(=O)N(C)C[C@]1(O)CCN(Cc2ccccc2)C1)n1nnc(-c2ccccc2)n1. The van der Waals surface area contributed by atoms with Gasteiger partial charge in [0.15, 0.2) is 0 Å². The van der Waals surface area contributed by atoms with E-state index in [1.54, 1.807) is 18.9 Å². The minimum Gasteiger partial charge on any atom is -0.387 e. The van der Waals surface area contributed by atoms with Gasteiger partial charge in [0, 0.05) is 32.2 Å². The second-order valence-corrected chi connectivity index (χ2v) is 8.34. The van der Waals surface area contributed by atoms with Gasteiger partial charge in [0.1, 0.15) is 6.04 Å². The highest BCUT2D eigenvalue weighted by molar-refractivity contribution is 5.79. The van der Waals surface area contributed by atoms with Crippen LogP contribution >= 0.6 is 0 Å². The van der Waals surface area contributed by atoms with Gasteiger partial charge in [-0.3, -0.25) is 9.69 Å². The molecule has 162 valence electrons. The molecule has 0 aliphatic carbocycles. The van der Waals surface area contributed by atoms with Gasteiger partial charge in [0.2, 0.25) is 11.7 Å². The first-order chi connectivity index (χ1) is 14.9. The van der Waals surface area contributed by atoms with Gasteiger partial charge in [-0.05, 0) is 24.1 Å². The molecule has 4 rings (SSSR count). The highest BCUT2D eigenvalue weighted by Crippen LogP contribution is 2.24. The maximum Gasteiger partial charge on any atom is 0.248 e. The van der Waals surface area contributed by atoms with Crippen molar-refractivity contribution in [2.75, 3.05) is 26.7 Å². The summed E-state index contributed by atoms with van der Waals surface area (Å²) in [4.78, 5) is 18.1. The smallest absolute Gasteiger partial charge is 0.248 e. The van der Waals surface area contributed by atoms with E-state index in [-0.39, 0.29) is 12.5 Å².